The van der Waals surface area contributed by atoms with Crippen molar-refractivity contribution < 1.29 is 28.5 Å². The second kappa shape index (κ2) is 8.90. The first-order chi connectivity index (χ1) is 13.9. The molecule has 1 heterocycles. The molecule has 1 aliphatic heterocycles. The zero-order valence-corrected chi connectivity index (χ0v) is 18.3. The second-order valence-electron chi connectivity index (χ2n) is 6.61. The van der Waals surface area contributed by atoms with Gasteiger partial charge >= 0.3 is 5.97 Å². The van der Waals surface area contributed by atoms with Crippen molar-refractivity contribution in [3.8, 4) is 11.5 Å². The number of methoxy groups -OCH3 is 1. The van der Waals surface area contributed by atoms with Gasteiger partial charge in [-0.05, 0) is 53.9 Å². The summed E-state index contributed by atoms with van der Waals surface area (Å²) >= 11 is 3.50. The monoisotopic (exact) mass is 465 g/mol. The van der Waals surface area contributed by atoms with Crippen molar-refractivity contribution >= 4 is 27.7 Å². The highest BCUT2D eigenvalue weighted by atomic mass is 79.9. The second-order valence-corrected chi connectivity index (χ2v) is 7.47. The van der Waals surface area contributed by atoms with Crippen LogP contribution in [0.4, 0.5) is 0 Å². The number of ketones is 1. The molecule has 1 aliphatic carbocycles. The molecular formula is C21H24BrNO6. The van der Waals surface area contributed by atoms with E-state index >= 15 is 0 Å². The van der Waals surface area contributed by atoms with E-state index in [4.69, 9.17) is 24.7 Å². The van der Waals surface area contributed by atoms with Crippen LogP contribution in [0.2, 0.25) is 0 Å². The van der Waals surface area contributed by atoms with E-state index in [2.05, 4.69) is 15.9 Å². The molecule has 3 rings (SSSR count). The maximum Gasteiger partial charge on any atom is 0.340 e. The molecule has 1 aromatic rings. The first kappa shape index (κ1) is 21.2. The van der Waals surface area contributed by atoms with Gasteiger partial charge in [0.05, 0.1) is 30.7 Å². The smallest absolute Gasteiger partial charge is 0.340 e. The van der Waals surface area contributed by atoms with Gasteiger partial charge in [0.1, 0.15) is 11.3 Å². The van der Waals surface area contributed by atoms with Crippen molar-refractivity contribution in [1.29, 1.82) is 0 Å². The molecule has 2 aliphatic rings. The Morgan fingerprint density at radius 1 is 1.28 bits per heavy atom. The number of nitrogens with two attached hydrogens (primary N) is 1. The third-order valence-electron chi connectivity index (χ3n) is 4.85. The summed E-state index contributed by atoms with van der Waals surface area (Å²) in [6.45, 7) is 4.18. The van der Waals surface area contributed by atoms with E-state index in [9.17, 15) is 9.59 Å². The van der Waals surface area contributed by atoms with Crippen LogP contribution in [0.25, 0.3) is 0 Å². The molecular weight excluding hydrogens is 442 g/mol. The lowest BCUT2D eigenvalue weighted by Gasteiger charge is -2.32. The van der Waals surface area contributed by atoms with Crippen molar-refractivity contribution in [3.05, 3.63) is 45.0 Å². The van der Waals surface area contributed by atoms with Gasteiger partial charge in [-0.25, -0.2) is 4.79 Å². The zero-order chi connectivity index (χ0) is 21.1. The standard InChI is InChI=1S/C21H24BrNO6/c1-4-27-15-10-11(9-12(22)19(15)26-3)16-17-13(24)7-6-8-14(17)29-20(23)18(16)21(25)28-5-2/h9-10,16H,4-8,23H2,1-3H3/t16-/m1/s1. The van der Waals surface area contributed by atoms with Gasteiger partial charge in [0.15, 0.2) is 17.3 Å². The van der Waals surface area contributed by atoms with Gasteiger partial charge in [-0.15, -0.1) is 0 Å². The Balaban J connectivity index is 2.22. The topological polar surface area (TPSA) is 97.1 Å². The highest BCUT2D eigenvalue weighted by molar-refractivity contribution is 9.10. The lowest BCUT2D eigenvalue weighted by Crippen LogP contribution is -2.31. The molecule has 2 N–H and O–H groups in total. The summed E-state index contributed by atoms with van der Waals surface area (Å²) in [5, 5.41) is 0. The van der Waals surface area contributed by atoms with Gasteiger partial charge in [0, 0.05) is 18.4 Å². The van der Waals surface area contributed by atoms with Crippen molar-refractivity contribution in [2.24, 2.45) is 5.73 Å². The Morgan fingerprint density at radius 3 is 2.69 bits per heavy atom. The summed E-state index contributed by atoms with van der Waals surface area (Å²) in [7, 11) is 1.55. The van der Waals surface area contributed by atoms with Gasteiger partial charge in [-0.3, -0.25) is 4.79 Å². The molecule has 0 unspecified atom stereocenters. The maximum absolute atomic E-state index is 12.8. The summed E-state index contributed by atoms with van der Waals surface area (Å²) in [4.78, 5) is 25.6. The number of carbonyl (C=O) groups excluding carboxylic acids is 2. The van der Waals surface area contributed by atoms with Gasteiger partial charge < -0.3 is 24.7 Å². The largest absolute Gasteiger partial charge is 0.492 e. The number of esters is 1. The molecule has 8 heteroatoms. The molecule has 0 saturated carbocycles. The van der Waals surface area contributed by atoms with Crippen LogP contribution in [0, 0.1) is 0 Å². The molecule has 0 amide bonds. The average Bonchev–Trinajstić information content (AvgIpc) is 2.67. The predicted octanol–water partition coefficient (Wildman–Crippen LogP) is 3.71. The Morgan fingerprint density at radius 2 is 2.03 bits per heavy atom. The fourth-order valence-electron chi connectivity index (χ4n) is 3.71. The predicted molar refractivity (Wildman–Crippen MR) is 109 cm³/mol. The number of hydrogen-bond donors (Lipinski definition) is 1. The summed E-state index contributed by atoms with van der Waals surface area (Å²) in [5.41, 5.74) is 7.37. The molecule has 1 atom stereocenters. The van der Waals surface area contributed by atoms with Crippen molar-refractivity contribution in [2.75, 3.05) is 20.3 Å². The van der Waals surface area contributed by atoms with Crippen LogP contribution >= 0.6 is 15.9 Å². The van der Waals surface area contributed by atoms with Crippen LogP contribution in [-0.2, 0) is 19.1 Å². The summed E-state index contributed by atoms with van der Waals surface area (Å²) in [6, 6.07) is 3.57. The number of Topliss-reactive ketones (excluding diaryl/α,β-unsaturated/α-hetero) is 1. The minimum atomic E-state index is -0.702. The number of hydrogen-bond acceptors (Lipinski definition) is 7. The van der Waals surface area contributed by atoms with Crippen LogP contribution in [0.15, 0.2) is 39.4 Å². The first-order valence-corrected chi connectivity index (χ1v) is 10.3. The van der Waals surface area contributed by atoms with Gasteiger partial charge in [-0.1, -0.05) is 0 Å². The van der Waals surface area contributed by atoms with Crippen molar-refractivity contribution in [3.63, 3.8) is 0 Å². The molecule has 156 valence electrons. The van der Waals surface area contributed by atoms with Gasteiger partial charge in [0.2, 0.25) is 5.88 Å². The fraction of sp³-hybridized carbons (Fsp3) is 0.429. The van der Waals surface area contributed by atoms with E-state index in [1.165, 1.54) is 0 Å². The molecule has 7 nitrogen and oxygen atoms in total. The minimum absolute atomic E-state index is 0.0354. The number of allylic oxidation sites excluding steroid dienone is 2. The quantitative estimate of drug-likeness (QED) is 0.639. The van der Waals surface area contributed by atoms with Crippen molar-refractivity contribution in [1.82, 2.24) is 0 Å². The van der Waals surface area contributed by atoms with Crippen LogP contribution in [-0.4, -0.2) is 32.1 Å². The fourth-order valence-corrected chi connectivity index (χ4v) is 4.33. The van der Waals surface area contributed by atoms with Crippen LogP contribution in [0.1, 0.15) is 44.6 Å². The van der Waals surface area contributed by atoms with E-state index in [1.54, 1.807) is 26.2 Å². The third-order valence-corrected chi connectivity index (χ3v) is 5.44. The first-order valence-electron chi connectivity index (χ1n) is 9.53. The number of rotatable bonds is 6. The third kappa shape index (κ3) is 3.99. The molecule has 0 aromatic heterocycles. The molecule has 0 radical (unpaired) electrons. The Labute approximate surface area is 177 Å². The van der Waals surface area contributed by atoms with Gasteiger partial charge in [0.25, 0.3) is 0 Å². The number of carbonyl (C=O) groups is 2. The van der Waals surface area contributed by atoms with E-state index in [0.29, 0.717) is 58.7 Å². The summed E-state index contributed by atoms with van der Waals surface area (Å²) in [5.74, 6) is 0.139. The lowest BCUT2D eigenvalue weighted by atomic mass is 9.77. The molecule has 0 bridgehead atoms. The van der Waals surface area contributed by atoms with Gasteiger partial charge in [-0.2, -0.15) is 0 Å². The Kier molecular flexibility index (Phi) is 6.52. The maximum atomic E-state index is 12.8. The van der Waals surface area contributed by atoms with E-state index < -0.39 is 11.9 Å². The zero-order valence-electron chi connectivity index (χ0n) is 16.7. The van der Waals surface area contributed by atoms with Crippen LogP contribution in [0.3, 0.4) is 0 Å². The lowest BCUT2D eigenvalue weighted by molar-refractivity contribution is -0.139. The number of ether oxygens (including phenoxy) is 4. The summed E-state index contributed by atoms with van der Waals surface area (Å²) in [6.07, 6.45) is 1.66. The van der Waals surface area contributed by atoms with Crippen LogP contribution in [0.5, 0.6) is 11.5 Å². The Hall–Kier alpha value is -2.48. The average molecular weight is 466 g/mol. The highest BCUT2D eigenvalue weighted by Crippen LogP contribution is 2.47. The SMILES string of the molecule is CCOC(=O)C1=C(N)OC2=C(C(=O)CCC2)[C@H]1c1cc(Br)c(OC)c(OCC)c1. The van der Waals surface area contributed by atoms with E-state index in [-0.39, 0.29) is 23.8 Å². The van der Waals surface area contributed by atoms with Crippen LogP contribution < -0.4 is 15.2 Å². The Bertz CT molecular complexity index is 905. The number of halogens is 1. The minimum Gasteiger partial charge on any atom is -0.492 e. The van der Waals surface area contributed by atoms with E-state index in [1.807, 2.05) is 6.92 Å². The molecule has 0 saturated heterocycles. The normalized spacial score (nSPS) is 18.9. The highest BCUT2D eigenvalue weighted by Gasteiger charge is 2.41. The number of benzene rings is 1. The summed E-state index contributed by atoms with van der Waals surface area (Å²) < 4.78 is 22.7. The molecule has 29 heavy (non-hydrogen) atoms. The van der Waals surface area contributed by atoms with Crippen molar-refractivity contribution in [2.45, 2.75) is 39.0 Å². The molecule has 1 aromatic carbocycles. The molecule has 0 fully saturated rings. The van der Waals surface area contributed by atoms with E-state index in [0.717, 1.165) is 0 Å². The molecule has 0 spiro atoms.